The molecule has 0 unspecified atom stereocenters. The lowest BCUT2D eigenvalue weighted by Gasteiger charge is -2.07. The van der Waals surface area contributed by atoms with Crippen molar-refractivity contribution < 1.29 is 9.13 Å². The zero-order chi connectivity index (χ0) is 12.3. The van der Waals surface area contributed by atoms with Crippen LogP contribution in [-0.4, -0.2) is 4.98 Å². The van der Waals surface area contributed by atoms with Gasteiger partial charge in [-0.2, -0.15) is 0 Å². The van der Waals surface area contributed by atoms with Gasteiger partial charge in [0, 0.05) is 15.3 Å². The number of alkyl halides is 1. The van der Waals surface area contributed by atoms with E-state index < -0.39 is 5.82 Å². The van der Waals surface area contributed by atoms with Gasteiger partial charge in [-0.3, -0.25) is 0 Å². The Morgan fingerprint density at radius 3 is 2.88 bits per heavy atom. The molecule has 1 heterocycles. The highest BCUT2D eigenvalue weighted by molar-refractivity contribution is 14.1. The molecule has 2 aromatic rings. The summed E-state index contributed by atoms with van der Waals surface area (Å²) in [4.78, 5) is 3.85. The minimum absolute atomic E-state index is 0.0508. The Kier molecular flexibility index (Phi) is 4.17. The summed E-state index contributed by atoms with van der Waals surface area (Å²) in [5.74, 6) is 0.0818. The average Bonchev–Trinajstić information content (AvgIpc) is 2.32. The molecule has 0 radical (unpaired) electrons. The maximum absolute atomic E-state index is 13.8. The second kappa shape index (κ2) is 5.64. The van der Waals surface area contributed by atoms with Crippen molar-refractivity contribution in [3.63, 3.8) is 0 Å². The second-order valence-electron chi connectivity index (χ2n) is 3.28. The van der Waals surface area contributed by atoms with Crippen LogP contribution >= 0.6 is 34.2 Å². The van der Waals surface area contributed by atoms with Crippen LogP contribution in [0.2, 0.25) is 0 Å². The van der Waals surface area contributed by atoms with Gasteiger partial charge in [0.2, 0.25) is 0 Å². The van der Waals surface area contributed by atoms with E-state index in [0.717, 1.165) is 3.57 Å². The van der Waals surface area contributed by atoms with Crippen LogP contribution in [0.25, 0.3) is 0 Å². The van der Waals surface area contributed by atoms with Gasteiger partial charge in [-0.05, 0) is 46.9 Å². The fraction of sp³-hybridized carbons (Fsp3) is 0.0833. The summed E-state index contributed by atoms with van der Waals surface area (Å²) >= 11 is 7.76. The number of pyridine rings is 1. The summed E-state index contributed by atoms with van der Waals surface area (Å²) in [6.07, 6.45) is 1.48. The Bertz CT molecular complexity index is 536. The molecule has 0 aliphatic rings. The topological polar surface area (TPSA) is 22.1 Å². The summed E-state index contributed by atoms with van der Waals surface area (Å²) < 4.78 is 20.2. The molecule has 0 saturated heterocycles. The number of rotatable bonds is 3. The summed E-state index contributed by atoms with van der Waals surface area (Å²) in [6.45, 7) is 0. The Balaban J connectivity index is 2.30. The lowest BCUT2D eigenvalue weighted by molar-refractivity contribution is 0.420. The SMILES string of the molecule is Fc1c(CCl)ccnc1Oc1cccc(I)c1. The molecule has 0 fully saturated rings. The Morgan fingerprint density at radius 1 is 1.35 bits per heavy atom. The molecule has 88 valence electrons. The van der Waals surface area contributed by atoms with Crippen molar-refractivity contribution in [2.75, 3.05) is 0 Å². The van der Waals surface area contributed by atoms with Crippen LogP contribution in [0.15, 0.2) is 36.5 Å². The number of halogens is 3. The standard InChI is InChI=1S/C12H8ClFINO/c13-7-8-4-5-16-12(11(8)14)17-10-3-1-2-9(15)6-10/h1-6H,7H2. The molecule has 0 aliphatic carbocycles. The van der Waals surface area contributed by atoms with Crippen molar-refractivity contribution in [1.29, 1.82) is 0 Å². The van der Waals surface area contributed by atoms with Gasteiger partial charge in [-0.1, -0.05) is 6.07 Å². The van der Waals surface area contributed by atoms with Gasteiger partial charge in [0.05, 0.1) is 5.88 Å². The van der Waals surface area contributed by atoms with E-state index >= 15 is 0 Å². The molecule has 1 aromatic heterocycles. The number of hydrogen-bond acceptors (Lipinski definition) is 2. The van der Waals surface area contributed by atoms with Gasteiger partial charge < -0.3 is 4.74 Å². The minimum Gasteiger partial charge on any atom is -0.436 e. The molecule has 0 aliphatic heterocycles. The Morgan fingerprint density at radius 2 is 2.18 bits per heavy atom. The molecule has 17 heavy (non-hydrogen) atoms. The zero-order valence-corrected chi connectivity index (χ0v) is 11.6. The number of benzene rings is 1. The monoisotopic (exact) mass is 363 g/mol. The maximum atomic E-state index is 13.8. The highest BCUT2D eigenvalue weighted by Gasteiger charge is 2.10. The lowest BCUT2D eigenvalue weighted by Crippen LogP contribution is -1.95. The van der Waals surface area contributed by atoms with Crippen LogP contribution in [0.3, 0.4) is 0 Å². The third kappa shape index (κ3) is 3.07. The molecule has 0 spiro atoms. The normalized spacial score (nSPS) is 10.3. The van der Waals surface area contributed by atoms with Gasteiger partial charge in [-0.15, -0.1) is 11.6 Å². The number of aromatic nitrogens is 1. The average molecular weight is 364 g/mol. The van der Waals surface area contributed by atoms with Gasteiger partial charge in [0.15, 0.2) is 5.82 Å². The van der Waals surface area contributed by atoms with Crippen LogP contribution in [0.4, 0.5) is 4.39 Å². The van der Waals surface area contributed by atoms with E-state index in [1.54, 1.807) is 12.1 Å². The minimum atomic E-state index is -0.513. The second-order valence-corrected chi connectivity index (χ2v) is 4.80. The highest BCUT2D eigenvalue weighted by atomic mass is 127. The molecule has 0 saturated carbocycles. The Hall–Kier alpha value is -0.880. The first-order chi connectivity index (χ1) is 8.20. The van der Waals surface area contributed by atoms with E-state index in [0.29, 0.717) is 11.3 Å². The van der Waals surface area contributed by atoms with E-state index in [4.69, 9.17) is 16.3 Å². The fourth-order valence-electron chi connectivity index (χ4n) is 1.28. The largest absolute Gasteiger partial charge is 0.436 e. The molecule has 0 bridgehead atoms. The number of hydrogen-bond donors (Lipinski definition) is 0. The van der Waals surface area contributed by atoms with E-state index in [1.807, 2.05) is 12.1 Å². The van der Waals surface area contributed by atoms with Crippen molar-refractivity contribution in [2.24, 2.45) is 0 Å². The van der Waals surface area contributed by atoms with Crippen molar-refractivity contribution >= 4 is 34.2 Å². The number of nitrogens with zero attached hydrogens (tertiary/aromatic N) is 1. The van der Waals surface area contributed by atoms with Crippen LogP contribution in [-0.2, 0) is 5.88 Å². The van der Waals surface area contributed by atoms with Crippen LogP contribution < -0.4 is 4.74 Å². The van der Waals surface area contributed by atoms with Crippen molar-refractivity contribution in [1.82, 2.24) is 4.98 Å². The smallest absolute Gasteiger partial charge is 0.256 e. The third-order valence-electron chi connectivity index (χ3n) is 2.09. The molecule has 1 aromatic carbocycles. The first kappa shape index (κ1) is 12.6. The van der Waals surface area contributed by atoms with Crippen LogP contribution in [0.5, 0.6) is 11.6 Å². The molecule has 0 atom stereocenters. The lowest BCUT2D eigenvalue weighted by atomic mass is 10.3. The van der Waals surface area contributed by atoms with Gasteiger partial charge in [0.1, 0.15) is 5.75 Å². The molecular weight excluding hydrogens is 355 g/mol. The van der Waals surface area contributed by atoms with E-state index in [9.17, 15) is 4.39 Å². The number of ether oxygens (including phenoxy) is 1. The van der Waals surface area contributed by atoms with E-state index in [-0.39, 0.29) is 11.8 Å². The summed E-state index contributed by atoms with van der Waals surface area (Å²) in [5.41, 5.74) is 0.377. The molecule has 5 heteroatoms. The fourth-order valence-corrected chi connectivity index (χ4v) is 2.00. The van der Waals surface area contributed by atoms with Crippen molar-refractivity contribution in [3.8, 4) is 11.6 Å². The summed E-state index contributed by atoms with van der Waals surface area (Å²) in [6, 6.07) is 8.84. The molecule has 0 N–H and O–H groups in total. The zero-order valence-electron chi connectivity index (χ0n) is 8.66. The van der Waals surface area contributed by atoms with Crippen molar-refractivity contribution in [2.45, 2.75) is 5.88 Å². The molecule has 0 amide bonds. The summed E-state index contributed by atoms with van der Waals surface area (Å²) in [7, 11) is 0. The van der Waals surface area contributed by atoms with E-state index in [1.165, 1.54) is 12.3 Å². The first-order valence-corrected chi connectivity index (χ1v) is 6.45. The predicted octanol–water partition coefficient (Wildman–Crippen LogP) is 4.36. The molecular formula is C12H8ClFINO. The maximum Gasteiger partial charge on any atom is 0.256 e. The van der Waals surface area contributed by atoms with Gasteiger partial charge in [-0.25, -0.2) is 9.37 Å². The third-order valence-corrected chi connectivity index (χ3v) is 3.05. The summed E-state index contributed by atoms with van der Waals surface area (Å²) in [5, 5.41) is 0. The van der Waals surface area contributed by atoms with E-state index in [2.05, 4.69) is 27.6 Å². The van der Waals surface area contributed by atoms with Crippen LogP contribution in [0.1, 0.15) is 5.56 Å². The van der Waals surface area contributed by atoms with Gasteiger partial charge in [0.25, 0.3) is 5.88 Å². The Labute approximate surface area is 117 Å². The quantitative estimate of drug-likeness (QED) is 0.597. The molecule has 2 rings (SSSR count). The molecule has 2 nitrogen and oxygen atoms in total. The predicted molar refractivity (Wildman–Crippen MR) is 73.0 cm³/mol. The van der Waals surface area contributed by atoms with Crippen molar-refractivity contribution in [3.05, 3.63) is 51.5 Å². The van der Waals surface area contributed by atoms with Gasteiger partial charge >= 0.3 is 0 Å². The highest BCUT2D eigenvalue weighted by Crippen LogP contribution is 2.25. The van der Waals surface area contributed by atoms with Crippen LogP contribution in [0, 0.1) is 9.39 Å². The first-order valence-electron chi connectivity index (χ1n) is 4.83.